The average Bonchev–Trinajstić information content (AvgIpc) is 2.40. The molecule has 0 saturated carbocycles. The Bertz CT molecular complexity index is 291. The van der Waals surface area contributed by atoms with Gasteiger partial charge < -0.3 is 5.32 Å². The summed E-state index contributed by atoms with van der Waals surface area (Å²) in [5.41, 5.74) is 1.18. The van der Waals surface area contributed by atoms with Crippen LogP contribution in [0.3, 0.4) is 0 Å². The summed E-state index contributed by atoms with van der Waals surface area (Å²) < 4.78 is 0. The van der Waals surface area contributed by atoms with E-state index in [0.717, 1.165) is 11.6 Å². The molecule has 0 aliphatic rings. The summed E-state index contributed by atoms with van der Waals surface area (Å²) in [7, 11) is 0. The molecule has 2 nitrogen and oxygen atoms in total. The fraction of sp³-hybridized carbons (Fsp3) is 0.727. The van der Waals surface area contributed by atoms with Crippen molar-refractivity contribution in [2.75, 3.05) is 0 Å². The first kappa shape index (κ1) is 11.7. The van der Waals surface area contributed by atoms with Crippen LogP contribution in [0.2, 0.25) is 0 Å². The van der Waals surface area contributed by atoms with Gasteiger partial charge in [0.25, 0.3) is 0 Å². The van der Waals surface area contributed by atoms with Crippen LogP contribution >= 0.6 is 11.3 Å². The molecule has 0 spiro atoms. The van der Waals surface area contributed by atoms with Crippen molar-refractivity contribution in [3.63, 3.8) is 0 Å². The summed E-state index contributed by atoms with van der Waals surface area (Å²) in [5.74, 6) is 0.685. The monoisotopic (exact) mass is 212 g/mol. The van der Waals surface area contributed by atoms with Crippen LogP contribution in [0, 0.1) is 19.8 Å². The molecular formula is C11H20N2S. The zero-order valence-corrected chi connectivity index (χ0v) is 10.5. The van der Waals surface area contributed by atoms with Crippen molar-refractivity contribution >= 4 is 11.3 Å². The number of thiazole rings is 1. The lowest BCUT2D eigenvalue weighted by molar-refractivity contribution is 0.427. The molecule has 0 aliphatic heterocycles. The lowest BCUT2D eigenvalue weighted by Gasteiger charge is -2.16. The Morgan fingerprint density at radius 2 is 1.93 bits per heavy atom. The molecule has 0 radical (unpaired) electrons. The molecule has 0 aromatic carbocycles. The Kier molecular flexibility index (Phi) is 4.08. The molecule has 0 aliphatic carbocycles. The number of nitrogens with one attached hydrogen (secondary N) is 1. The summed E-state index contributed by atoms with van der Waals surface area (Å²) >= 11 is 1.79. The minimum Gasteiger partial charge on any atom is -0.309 e. The van der Waals surface area contributed by atoms with Gasteiger partial charge in [0.2, 0.25) is 0 Å². The molecule has 1 unspecified atom stereocenters. The number of rotatable bonds is 4. The van der Waals surface area contributed by atoms with Gasteiger partial charge in [-0.15, -0.1) is 11.3 Å². The van der Waals surface area contributed by atoms with Gasteiger partial charge in [-0.25, -0.2) is 4.98 Å². The second-order valence-corrected chi connectivity index (χ2v) is 5.44. The Morgan fingerprint density at radius 3 is 2.36 bits per heavy atom. The van der Waals surface area contributed by atoms with E-state index >= 15 is 0 Å². The third-order valence-electron chi connectivity index (χ3n) is 2.58. The summed E-state index contributed by atoms with van der Waals surface area (Å²) in [6.45, 7) is 11.8. The molecule has 1 aromatic heterocycles. The van der Waals surface area contributed by atoms with E-state index in [9.17, 15) is 0 Å². The van der Waals surface area contributed by atoms with E-state index in [1.54, 1.807) is 11.3 Å². The number of nitrogens with zero attached hydrogens (tertiary/aromatic N) is 1. The topological polar surface area (TPSA) is 24.9 Å². The van der Waals surface area contributed by atoms with Crippen LogP contribution in [0.1, 0.15) is 36.3 Å². The summed E-state index contributed by atoms with van der Waals surface area (Å²) in [4.78, 5) is 5.78. The van der Waals surface area contributed by atoms with E-state index in [0.29, 0.717) is 12.0 Å². The third-order valence-corrected chi connectivity index (χ3v) is 3.66. The predicted molar refractivity (Wildman–Crippen MR) is 62.7 cm³/mol. The zero-order chi connectivity index (χ0) is 10.7. The molecule has 1 aromatic rings. The minimum absolute atomic E-state index is 0.566. The van der Waals surface area contributed by atoms with Gasteiger partial charge in [-0.05, 0) is 26.7 Å². The van der Waals surface area contributed by atoms with E-state index in [1.165, 1.54) is 10.6 Å². The van der Waals surface area contributed by atoms with Gasteiger partial charge in [0.15, 0.2) is 0 Å². The highest BCUT2D eigenvalue weighted by molar-refractivity contribution is 7.11. The number of aryl methyl sites for hydroxylation is 2. The smallest absolute Gasteiger partial charge is 0.0900 e. The summed E-state index contributed by atoms with van der Waals surface area (Å²) in [5, 5.41) is 4.69. The van der Waals surface area contributed by atoms with Crippen LogP contribution < -0.4 is 5.32 Å². The van der Waals surface area contributed by atoms with E-state index in [4.69, 9.17) is 0 Å². The van der Waals surface area contributed by atoms with Crippen LogP contribution in [-0.2, 0) is 6.54 Å². The highest BCUT2D eigenvalue weighted by Gasteiger charge is 2.08. The second-order valence-electron chi connectivity index (χ2n) is 4.16. The standard InChI is InChI=1S/C11H20N2S/c1-7(2)8(3)12-6-11-9(4)13-10(5)14-11/h7-8,12H,6H2,1-5H3. The van der Waals surface area contributed by atoms with E-state index < -0.39 is 0 Å². The fourth-order valence-corrected chi connectivity index (χ4v) is 2.11. The second kappa shape index (κ2) is 4.89. The maximum absolute atomic E-state index is 4.41. The van der Waals surface area contributed by atoms with Gasteiger partial charge in [0, 0.05) is 17.5 Å². The lowest BCUT2D eigenvalue weighted by Crippen LogP contribution is -2.30. The molecule has 1 N–H and O–H groups in total. The molecule has 0 bridgehead atoms. The molecular weight excluding hydrogens is 192 g/mol. The maximum Gasteiger partial charge on any atom is 0.0900 e. The van der Waals surface area contributed by atoms with Crippen LogP contribution in [0.5, 0.6) is 0 Å². The Morgan fingerprint density at radius 1 is 1.29 bits per heavy atom. The quantitative estimate of drug-likeness (QED) is 0.830. The van der Waals surface area contributed by atoms with Crippen molar-refractivity contribution in [1.29, 1.82) is 0 Å². The van der Waals surface area contributed by atoms with Crippen LogP contribution in [0.4, 0.5) is 0 Å². The first-order chi connectivity index (χ1) is 6.50. The van der Waals surface area contributed by atoms with Gasteiger partial charge in [-0.3, -0.25) is 0 Å². The number of hydrogen-bond donors (Lipinski definition) is 1. The molecule has 80 valence electrons. The van der Waals surface area contributed by atoms with Gasteiger partial charge in [-0.2, -0.15) is 0 Å². The van der Waals surface area contributed by atoms with Crippen molar-refractivity contribution < 1.29 is 0 Å². The minimum atomic E-state index is 0.566. The van der Waals surface area contributed by atoms with E-state index in [2.05, 4.69) is 44.9 Å². The average molecular weight is 212 g/mol. The predicted octanol–water partition coefficient (Wildman–Crippen LogP) is 2.89. The Balaban J connectivity index is 2.49. The molecule has 3 heteroatoms. The van der Waals surface area contributed by atoms with Gasteiger partial charge >= 0.3 is 0 Å². The highest BCUT2D eigenvalue weighted by atomic mass is 32.1. The van der Waals surface area contributed by atoms with E-state index in [-0.39, 0.29) is 0 Å². The number of hydrogen-bond acceptors (Lipinski definition) is 3. The maximum atomic E-state index is 4.41. The van der Waals surface area contributed by atoms with Crippen molar-refractivity contribution in [2.24, 2.45) is 5.92 Å². The Labute approximate surface area is 90.8 Å². The third kappa shape index (κ3) is 3.07. The molecule has 0 amide bonds. The van der Waals surface area contributed by atoms with Crippen molar-refractivity contribution in [3.8, 4) is 0 Å². The molecule has 0 saturated heterocycles. The Hall–Kier alpha value is -0.410. The van der Waals surface area contributed by atoms with Crippen molar-refractivity contribution in [1.82, 2.24) is 10.3 Å². The van der Waals surface area contributed by atoms with Crippen molar-refractivity contribution in [3.05, 3.63) is 15.6 Å². The zero-order valence-electron chi connectivity index (χ0n) is 9.72. The van der Waals surface area contributed by atoms with Crippen molar-refractivity contribution in [2.45, 2.75) is 47.2 Å². The normalized spacial score (nSPS) is 13.6. The van der Waals surface area contributed by atoms with E-state index in [1.807, 2.05) is 0 Å². The highest BCUT2D eigenvalue weighted by Crippen LogP contribution is 2.17. The molecule has 14 heavy (non-hydrogen) atoms. The molecule has 1 atom stereocenters. The van der Waals surface area contributed by atoms with Crippen LogP contribution in [0.25, 0.3) is 0 Å². The lowest BCUT2D eigenvalue weighted by atomic mass is 10.1. The molecule has 0 fully saturated rings. The first-order valence-corrected chi connectivity index (χ1v) is 5.98. The molecule has 1 rings (SSSR count). The fourth-order valence-electron chi connectivity index (χ4n) is 1.23. The van der Waals surface area contributed by atoms with Gasteiger partial charge in [-0.1, -0.05) is 13.8 Å². The van der Waals surface area contributed by atoms with Crippen LogP contribution in [-0.4, -0.2) is 11.0 Å². The SMILES string of the molecule is Cc1nc(C)c(CNC(C)C(C)C)s1. The first-order valence-electron chi connectivity index (χ1n) is 5.17. The largest absolute Gasteiger partial charge is 0.309 e. The van der Waals surface area contributed by atoms with Gasteiger partial charge in [0.05, 0.1) is 10.7 Å². The van der Waals surface area contributed by atoms with Crippen LogP contribution in [0.15, 0.2) is 0 Å². The van der Waals surface area contributed by atoms with Gasteiger partial charge in [0.1, 0.15) is 0 Å². The number of aromatic nitrogens is 1. The summed E-state index contributed by atoms with van der Waals surface area (Å²) in [6.07, 6.45) is 0. The summed E-state index contributed by atoms with van der Waals surface area (Å²) in [6, 6.07) is 0.566. The molecule has 1 heterocycles.